The summed E-state index contributed by atoms with van der Waals surface area (Å²) in [5.41, 5.74) is 0. The minimum atomic E-state index is 0.684. The SMILES string of the molecule is CCC(C)N(CCOC)C1CCNCC1. The Kier molecular flexibility index (Phi) is 6.22. The second-order valence-electron chi connectivity index (χ2n) is 4.47. The highest BCUT2D eigenvalue weighted by Crippen LogP contribution is 2.16. The van der Waals surface area contributed by atoms with Crippen LogP contribution in [-0.2, 0) is 4.74 Å². The van der Waals surface area contributed by atoms with E-state index < -0.39 is 0 Å². The monoisotopic (exact) mass is 214 g/mol. The molecule has 90 valence electrons. The summed E-state index contributed by atoms with van der Waals surface area (Å²) in [6, 6.07) is 1.44. The number of ether oxygens (including phenoxy) is 1. The number of nitrogens with zero attached hydrogens (tertiary/aromatic N) is 1. The zero-order valence-corrected chi connectivity index (χ0v) is 10.5. The van der Waals surface area contributed by atoms with Crippen molar-refractivity contribution in [3.63, 3.8) is 0 Å². The normalized spacial score (nSPS) is 20.8. The van der Waals surface area contributed by atoms with Gasteiger partial charge in [0, 0.05) is 25.7 Å². The number of nitrogens with one attached hydrogen (secondary N) is 1. The molecule has 1 N–H and O–H groups in total. The Morgan fingerprint density at radius 3 is 2.60 bits per heavy atom. The topological polar surface area (TPSA) is 24.5 Å². The van der Waals surface area contributed by atoms with Crippen molar-refractivity contribution >= 4 is 0 Å². The molecule has 0 bridgehead atoms. The molecule has 1 atom stereocenters. The minimum Gasteiger partial charge on any atom is -0.383 e. The van der Waals surface area contributed by atoms with Crippen molar-refractivity contribution in [2.45, 2.75) is 45.2 Å². The molecule has 1 aliphatic rings. The predicted molar refractivity (Wildman–Crippen MR) is 64.2 cm³/mol. The van der Waals surface area contributed by atoms with Crippen LogP contribution in [0.25, 0.3) is 0 Å². The summed E-state index contributed by atoms with van der Waals surface area (Å²) in [7, 11) is 1.79. The fourth-order valence-electron chi connectivity index (χ4n) is 2.33. The Hall–Kier alpha value is -0.120. The Morgan fingerprint density at radius 2 is 2.07 bits per heavy atom. The molecule has 1 fully saturated rings. The van der Waals surface area contributed by atoms with Gasteiger partial charge in [-0.05, 0) is 39.3 Å². The van der Waals surface area contributed by atoms with Crippen molar-refractivity contribution in [2.75, 3.05) is 33.4 Å². The maximum Gasteiger partial charge on any atom is 0.0589 e. The quantitative estimate of drug-likeness (QED) is 0.725. The first-order valence-electron chi connectivity index (χ1n) is 6.25. The average Bonchev–Trinajstić information content (AvgIpc) is 2.30. The number of hydrogen-bond acceptors (Lipinski definition) is 3. The molecule has 0 radical (unpaired) electrons. The maximum atomic E-state index is 5.20. The third-order valence-corrected chi connectivity index (χ3v) is 3.49. The van der Waals surface area contributed by atoms with Crippen molar-refractivity contribution in [2.24, 2.45) is 0 Å². The van der Waals surface area contributed by atoms with Gasteiger partial charge in [-0.3, -0.25) is 4.90 Å². The zero-order chi connectivity index (χ0) is 11.1. The first kappa shape index (κ1) is 12.9. The van der Waals surface area contributed by atoms with Gasteiger partial charge in [0.25, 0.3) is 0 Å². The van der Waals surface area contributed by atoms with Crippen LogP contribution in [0, 0.1) is 0 Å². The largest absolute Gasteiger partial charge is 0.383 e. The van der Waals surface area contributed by atoms with Gasteiger partial charge in [-0.2, -0.15) is 0 Å². The second-order valence-corrected chi connectivity index (χ2v) is 4.47. The van der Waals surface area contributed by atoms with Gasteiger partial charge >= 0.3 is 0 Å². The molecule has 15 heavy (non-hydrogen) atoms. The van der Waals surface area contributed by atoms with Crippen molar-refractivity contribution in [3.8, 4) is 0 Å². The van der Waals surface area contributed by atoms with Crippen molar-refractivity contribution < 1.29 is 4.74 Å². The van der Waals surface area contributed by atoms with E-state index >= 15 is 0 Å². The first-order valence-corrected chi connectivity index (χ1v) is 6.25. The van der Waals surface area contributed by atoms with Crippen LogP contribution in [0.1, 0.15) is 33.1 Å². The molecule has 1 unspecified atom stereocenters. The lowest BCUT2D eigenvalue weighted by Gasteiger charge is -2.38. The van der Waals surface area contributed by atoms with Gasteiger partial charge in [0.1, 0.15) is 0 Å². The molecule has 0 saturated carbocycles. The Labute approximate surface area is 94.2 Å². The number of rotatable bonds is 6. The van der Waals surface area contributed by atoms with E-state index in [1.807, 2.05) is 0 Å². The standard InChI is InChI=1S/C12H26N2O/c1-4-11(2)14(9-10-15-3)12-5-7-13-8-6-12/h11-13H,4-10H2,1-3H3. The van der Waals surface area contributed by atoms with Gasteiger partial charge < -0.3 is 10.1 Å². The van der Waals surface area contributed by atoms with E-state index in [4.69, 9.17) is 4.74 Å². The molecule has 0 amide bonds. The van der Waals surface area contributed by atoms with Gasteiger partial charge in [0.15, 0.2) is 0 Å². The average molecular weight is 214 g/mol. The molecule has 3 heteroatoms. The fourth-order valence-corrected chi connectivity index (χ4v) is 2.33. The molecule has 0 aromatic rings. The molecule has 0 aromatic carbocycles. The fraction of sp³-hybridized carbons (Fsp3) is 1.00. The maximum absolute atomic E-state index is 5.20. The lowest BCUT2D eigenvalue weighted by molar-refractivity contribution is 0.0741. The summed E-state index contributed by atoms with van der Waals surface area (Å²) in [5, 5.41) is 3.42. The second kappa shape index (κ2) is 7.20. The van der Waals surface area contributed by atoms with E-state index in [1.54, 1.807) is 7.11 Å². The van der Waals surface area contributed by atoms with Crippen molar-refractivity contribution in [1.82, 2.24) is 10.2 Å². The van der Waals surface area contributed by atoms with E-state index in [-0.39, 0.29) is 0 Å². The summed E-state index contributed by atoms with van der Waals surface area (Å²) < 4.78 is 5.20. The van der Waals surface area contributed by atoms with Crippen LogP contribution in [0.15, 0.2) is 0 Å². The Morgan fingerprint density at radius 1 is 1.40 bits per heavy atom. The van der Waals surface area contributed by atoms with Crippen molar-refractivity contribution in [1.29, 1.82) is 0 Å². The number of piperidine rings is 1. The molecule has 0 spiro atoms. The van der Waals surface area contributed by atoms with Crippen LogP contribution in [0.2, 0.25) is 0 Å². The summed E-state index contributed by atoms with van der Waals surface area (Å²) in [6.07, 6.45) is 3.80. The third kappa shape index (κ3) is 4.09. The summed E-state index contributed by atoms with van der Waals surface area (Å²) in [6.45, 7) is 8.88. The van der Waals surface area contributed by atoms with Crippen LogP contribution >= 0.6 is 0 Å². The van der Waals surface area contributed by atoms with Gasteiger partial charge in [0.05, 0.1) is 6.61 Å². The van der Waals surface area contributed by atoms with Gasteiger partial charge in [0.2, 0.25) is 0 Å². The van der Waals surface area contributed by atoms with Crippen LogP contribution in [-0.4, -0.2) is 50.3 Å². The highest BCUT2D eigenvalue weighted by Gasteiger charge is 2.23. The van der Waals surface area contributed by atoms with Crippen LogP contribution < -0.4 is 5.32 Å². The molecular formula is C12H26N2O. The lowest BCUT2D eigenvalue weighted by Crippen LogP contribution is -2.48. The van der Waals surface area contributed by atoms with Crippen LogP contribution in [0.5, 0.6) is 0 Å². The van der Waals surface area contributed by atoms with E-state index in [1.165, 1.54) is 32.4 Å². The summed E-state index contributed by atoms with van der Waals surface area (Å²) in [5.74, 6) is 0. The molecule has 0 aliphatic carbocycles. The molecule has 3 nitrogen and oxygen atoms in total. The number of methoxy groups -OCH3 is 1. The molecule has 1 heterocycles. The Balaban J connectivity index is 2.45. The van der Waals surface area contributed by atoms with Crippen LogP contribution in [0.4, 0.5) is 0 Å². The van der Waals surface area contributed by atoms with E-state index in [9.17, 15) is 0 Å². The predicted octanol–water partition coefficient (Wildman–Crippen LogP) is 1.49. The highest BCUT2D eigenvalue weighted by molar-refractivity contribution is 4.80. The third-order valence-electron chi connectivity index (χ3n) is 3.49. The van der Waals surface area contributed by atoms with Gasteiger partial charge in [-0.25, -0.2) is 0 Å². The smallest absolute Gasteiger partial charge is 0.0589 e. The van der Waals surface area contributed by atoms with Crippen molar-refractivity contribution in [3.05, 3.63) is 0 Å². The lowest BCUT2D eigenvalue weighted by atomic mass is 10.0. The zero-order valence-electron chi connectivity index (χ0n) is 10.5. The van der Waals surface area contributed by atoms with E-state index in [0.29, 0.717) is 6.04 Å². The van der Waals surface area contributed by atoms with Gasteiger partial charge in [-0.1, -0.05) is 6.92 Å². The molecule has 1 saturated heterocycles. The minimum absolute atomic E-state index is 0.684. The number of hydrogen-bond donors (Lipinski definition) is 1. The van der Waals surface area contributed by atoms with E-state index in [2.05, 4.69) is 24.1 Å². The Bertz CT molecular complexity index is 158. The van der Waals surface area contributed by atoms with Gasteiger partial charge in [-0.15, -0.1) is 0 Å². The van der Waals surface area contributed by atoms with E-state index in [0.717, 1.165) is 19.2 Å². The first-order chi connectivity index (χ1) is 7.29. The molecule has 1 rings (SSSR count). The van der Waals surface area contributed by atoms with Crippen LogP contribution in [0.3, 0.4) is 0 Å². The summed E-state index contributed by atoms with van der Waals surface area (Å²) in [4.78, 5) is 2.63. The molecular weight excluding hydrogens is 188 g/mol. The molecule has 0 aromatic heterocycles. The summed E-state index contributed by atoms with van der Waals surface area (Å²) >= 11 is 0. The molecule has 1 aliphatic heterocycles. The highest BCUT2D eigenvalue weighted by atomic mass is 16.5.